The van der Waals surface area contributed by atoms with Crippen LogP contribution in [-0.2, 0) is 10.9 Å². The molecular formula is C30H37F5N8O2. The molecule has 0 aliphatic carbocycles. The third-order valence-electron chi connectivity index (χ3n) is 9.39. The number of methoxy groups -OCH3 is 1. The standard InChI is InChI=1S/C30H37F5N8O2/c1-4-28(15-44-3)14-42(9-7-38-28)26-19-12-37-25(24-21(30(33,34)35)17(2)10-20(36)39-24)22(32)23(19)40-27(41-26)45-16-29-6-5-8-43(29)13-18(31)11-29/h10,12,18,38H,4-9,11,13-16H2,1-3H3,(H2,36,39)/t18-,28-,29+/m1/s1. The summed E-state index contributed by atoms with van der Waals surface area (Å²) in [5, 5.41) is 3.71. The number of hydrogen-bond acceptors (Lipinski definition) is 10. The summed E-state index contributed by atoms with van der Waals surface area (Å²) in [5.74, 6) is -0.989. The average molecular weight is 637 g/mol. The maximum atomic E-state index is 16.5. The van der Waals surface area contributed by atoms with Gasteiger partial charge < -0.3 is 25.4 Å². The molecule has 3 aliphatic heterocycles. The van der Waals surface area contributed by atoms with Gasteiger partial charge in [-0.25, -0.2) is 13.8 Å². The fourth-order valence-corrected chi connectivity index (χ4v) is 7.22. The number of ether oxygens (including phenoxy) is 2. The van der Waals surface area contributed by atoms with E-state index in [9.17, 15) is 17.6 Å². The fourth-order valence-electron chi connectivity index (χ4n) is 7.22. The zero-order chi connectivity index (χ0) is 32.1. The van der Waals surface area contributed by atoms with Crippen molar-refractivity contribution in [3.05, 3.63) is 29.2 Å². The van der Waals surface area contributed by atoms with Crippen LogP contribution in [0.3, 0.4) is 0 Å². The van der Waals surface area contributed by atoms with Crippen molar-refractivity contribution in [3.8, 4) is 17.4 Å². The summed E-state index contributed by atoms with van der Waals surface area (Å²) in [4.78, 5) is 21.1. The number of hydrogen-bond donors (Lipinski definition) is 2. The van der Waals surface area contributed by atoms with Gasteiger partial charge in [-0.3, -0.25) is 9.88 Å². The smallest absolute Gasteiger partial charge is 0.418 e. The van der Waals surface area contributed by atoms with E-state index in [0.29, 0.717) is 45.0 Å². The molecule has 0 spiro atoms. The maximum absolute atomic E-state index is 16.5. The summed E-state index contributed by atoms with van der Waals surface area (Å²) in [6, 6.07) is 0.927. The molecule has 10 nitrogen and oxygen atoms in total. The number of nitrogens with zero attached hydrogens (tertiary/aromatic N) is 6. The summed E-state index contributed by atoms with van der Waals surface area (Å²) < 4.78 is 85.0. The number of alkyl halides is 4. The van der Waals surface area contributed by atoms with E-state index in [4.69, 9.17) is 20.2 Å². The molecule has 6 rings (SSSR count). The van der Waals surface area contributed by atoms with Crippen molar-refractivity contribution >= 4 is 22.5 Å². The highest BCUT2D eigenvalue weighted by Gasteiger charge is 2.49. The second-order valence-corrected chi connectivity index (χ2v) is 12.4. The van der Waals surface area contributed by atoms with Crippen molar-refractivity contribution in [1.82, 2.24) is 30.2 Å². The Morgan fingerprint density at radius 3 is 2.69 bits per heavy atom. The molecule has 3 atom stereocenters. The monoisotopic (exact) mass is 636 g/mol. The number of halogens is 5. The molecular weight excluding hydrogens is 599 g/mol. The van der Waals surface area contributed by atoms with E-state index in [1.54, 1.807) is 7.11 Å². The number of pyridine rings is 2. The van der Waals surface area contributed by atoms with Crippen LogP contribution in [0.1, 0.15) is 43.7 Å². The van der Waals surface area contributed by atoms with Crippen molar-refractivity contribution < 1.29 is 31.4 Å². The van der Waals surface area contributed by atoms with Crippen LogP contribution in [0.15, 0.2) is 12.3 Å². The summed E-state index contributed by atoms with van der Waals surface area (Å²) in [5.41, 5.74) is 1.88. The van der Waals surface area contributed by atoms with E-state index in [2.05, 4.69) is 25.2 Å². The van der Waals surface area contributed by atoms with Gasteiger partial charge in [0.2, 0.25) is 0 Å². The van der Waals surface area contributed by atoms with Gasteiger partial charge in [0.15, 0.2) is 5.82 Å². The number of nitrogens with one attached hydrogen (secondary N) is 1. The van der Waals surface area contributed by atoms with Gasteiger partial charge in [0.05, 0.1) is 28.6 Å². The molecule has 0 radical (unpaired) electrons. The van der Waals surface area contributed by atoms with Gasteiger partial charge in [-0.2, -0.15) is 23.1 Å². The zero-order valence-electron chi connectivity index (χ0n) is 25.5. The van der Waals surface area contributed by atoms with E-state index >= 15 is 4.39 Å². The fraction of sp³-hybridized carbons (Fsp3) is 0.600. The van der Waals surface area contributed by atoms with Gasteiger partial charge in [0, 0.05) is 45.9 Å². The van der Waals surface area contributed by atoms with E-state index < -0.39 is 46.2 Å². The van der Waals surface area contributed by atoms with Crippen molar-refractivity contribution in [1.29, 1.82) is 0 Å². The molecule has 0 bridgehead atoms. The number of aryl methyl sites for hydroxylation is 1. The Morgan fingerprint density at radius 2 is 1.96 bits per heavy atom. The van der Waals surface area contributed by atoms with Crippen molar-refractivity contribution in [2.24, 2.45) is 0 Å². The van der Waals surface area contributed by atoms with Crippen molar-refractivity contribution in [2.45, 2.75) is 63.0 Å². The molecule has 3 aromatic heterocycles. The molecule has 244 valence electrons. The van der Waals surface area contributed by atoms with Gasteiger partial charge in [-0.15, -0.1) is 0 Å². The topological polar surface area (TPSA) is 115 Å². The molecule has 3 aromatic rings. The van der Waals surface area contributed by atoms with Crippen LogP contribution < -0.4 is 20.7 Å². The molecule has 0 unspecified atom stereocenters. The van der Waals surface area contributed by atoms with Gasteiger partial charge in [0.1, 0.15) is 41.3 Å². The van der Waals surface area contributed by atoms with Crippen LogP contribution in [0.25, 0.3) is 22.3 Å². The highest BCUT2D eigenvalue weighted by molar-refractivity contribution is 5.92. The zero-order valence-corrected chi connectivity index (χ0v) is 25.5. The lowest BCUT2D eigenvalue weighted by molar-refractivity contribution is -0.137. The minimum Gasteiger partial charge on any atom is -0.461 e. The Kier molecular flexibility index (Phi) is 8.23. The molecule has 3 aliphatic rings. The third-order valence-corrected chi connectivity index (χ3v) is 9.39. The predicted molar refractivity (Wildman–Crippen MR) is 158 cm³/mol. The van der Waals surface area contributed by atoms with E-state index in [0.717, 1.165) is 31.9 Å². The Hall–Kier alpha value is -3.43. The van der Waals surface area contributed by atoms with Crippen molar-refractivity contribution in [2.75, 3.05) is 63.7 Å². The van der Waals surface area contributed by atoms with E-state index in [-0.39, 0.29) is 34.9 Å². The Morgan fingerprint density at radius 1 is 1.16 bits per heavy atom. The molecule has 0 amide bonds. The quantitative estimate of drug-likeness (QED) is 0.347. The predicted octanol–water partition coefficient (Wildman–Crippen LogP) is 4.30. The number of nitrogen functional groups attached to an aromatic ring is 1. The van der Waals surface area contributed by atoms with Crippen LogP contribution in [0.4, 0.5) is 33.6 Å². The SMILES string of the molecule is CC[C@]1(COC)CN(c2nc(OC[C@@]34CCCN3C[C@H](F)C4)nc3c(F)c(-c4nc(N)cc(C)c4C(F)(F)F)ncc23)CCN1. The van der Waals surface area contributed by atoms with Gasteiger partial charge >= 0.3 is 12.2 Å². The molecule has 6 heterocycles. The average Bonchev–Trinajstić information content (AvgIpc) is 3.51. The highest BCUT2D eigenvalue weighted by Crippen LogP contribution is 2.42. The van der Waals surface area contributed by atoms with Crippen LogP contribution in [0.2, 0.25) is 0 Å². The molecule has 45 heavy (non-hydrogen) atoms. The number of anilines is 2. The molecule has 3 fully saturated rings. The Bertz CT molecular complexity index is 1590. The summed E-state index contributed by atoms with van der Waals surface area (Å²) in [6.45, 7) is 6.36. The van der Waals surface area contributed by atoms with Gasteiger partial charge in [-0.1, -0.05) is 6.92 Å². The Balaban J connectivity index is 1.48. The molecule has 3 saturated heterocycles. The van der Waals surface area contributed by atoms with Gasteiger partial charge in [-0.05, 0) is 44.4 Å². The van der Waals surface area contributed by atoms with E-state index in [1.807, 2.05) is 11.8 Å². The lowest BCUT2D eigenvalue weighted by atomic mass is 9.94. The summed E-state index contributed by atoms with van der Waals surface area (Å²) >= 11 is 0. The van der Waals surface area contributed by atoms with Crippen LogP contribution in [0, 0.1) is 12.7 Å². The van der Waals surface area contributed by atoms with Crippen LogP contribution >= 0.6 is 0 Å². The molecule has 0 aromatic carbocycles. The van der Waals surface area contributed by atoms with Crippen LogP contribution in [-0.4, -0.2) is 95.1 Å². The van der Waals surface area contributed by atoms with Crippen LogP contribution in [0.5, 0.6) is 6.01 Å². The number of piperazine rings is 1. The first kappa shape index (κ1) is 31.5. The first-order chi connectivity index (χ1) is 21.4. The minimum atomic E-state index is -4.85. The lowest BCUT2D eigenvalue weighted by Gasteiger charge is -2.43. The minimum absolute atomic E-state index is 0.0935. The number of aromatic nitrogens is 4. The molecule has 3 N–H and O–H groups in total. The summed E-state index contributed by atoms with van der Waals surface area (Å²) in [6.07, 6.45) is -1.88. The normalized spacial score (nSPS) is 25.7. The Labute approximate surface area is 257 Å². The third kappa shape index (κ3) is 5.74. The first-order valence-corrected chi connectivity index (χ1v) is 15.1. The number of fused-ring (bicyclic) bond motifs is 2. The van der Waals surface area contributed by atoms with Crippen molar-refractivity contribution in [3.63, 3.8) is 0 Å². The highest BCUT2D eigenvalue weighted by atomic mass is 19.4. The lowest BCUT2D eigenvalue weighted by Crippen LogP contribution is -2.62. The second-order valence-electron chi connectivity index (χ2n) is 12.4. The van der Waals surface area contributed by atoms with E-state index in [1.165, 1.54) is 13.1 Å². The van der Waals surface area contributed by atoms with Gasteiger partial charge in [0.25, 0.3) is 0 Å². The second kappa shape index (κ2) is 11.7. The maximum Gasteiger partial charge on any atom is 0.418 e. The number of rotatable bonds is 8. The first-order valence-electron chi connectivity index (χ1n) is 15.1. The number of nitrogens with two attached hydrogens (primary N) is 1. The largest absolute Gasteiger partial charge is 0.461 e. The molecule has 15 heteroatoms. The summed E-state index contributed by atoms with van der Waals surface area (Å²) in [7, 11) is 1.61. The molecule has 0 saturated carbocycles.